The minimum absolute atomic E-state index is 0.184. The second-order valence-corrected chi connectivity index (χ2v) is 4.06. The molecule has 2 aromatic rings. The molecule has 1 atom stereocenters. The predicted molar refractivity (Wildman–Crippen MR) is 83.8 cm³/mol. The average Bonchev–Trinajstić information content (AvgIpc) is 2.52. The Morgan fingerprint density at radius 2 is 1.60 bits per heavy atom. The van der Waals surface area contributed by atoms with E-state index in [9.17, 15) is 0 Å². The van der Waals surface area contributed by atoms with E-state index in [-0.39, 0.29) is 6.04 Å². The summed E-state index contributed by atoms with van der Waals surface area (Å²) >= 11 is 0. The largest absolute Gasteiger partial charge is 0.301 e. The summed E-state index contributed by atoms with van der Waals surface area (Å²) in [6, 6.07) is 21.7. The summed E-state index contributed by atoms with van der Waals surface area (Å²) < 4.78 is 0. The Hall–Kier alpha value is -2.44. The van der Waals surface area contributed by atoms with Crippen LogP contribution in [0.5, 0.6) is 0 Å². The maximum atomic E-state index is 8.67. The van der Waals surface area contributed by atoms with Gasteiger partial charge in [0.2, 0.25) is 0 Å². The number of nitrogens with zero attached hydrogens (tertiary/aromatic N) is 2. The number of rotatable bonds is 3. The molecule has 102 valence electrons. The molecule has 0 aliphatic rings. The third-order valence-electron chi connectivity index (χ3n) is 2.63. The van der Waals surface area contributed by atoms with Gasteiger partial charge in [-0.3, -0.25) is 4.99 Å². The molecule has 0 saturated heterocycles. The molecule has 2 rings (SSSR count). The Morgan fingerprint density at radius 3 is 2.05 bits per heavy atom. The summed E-state index contributed by atoms with van der Waals surface area (Å²) in [7, 11) is 3.55. The first-order valence-electron chi connectivity index (χ1n) is 6.41. The molecule has 0 radical (unpaired) electrons. The average molecular weight is 265 g/mol. The topological polar surface area (TPSA) is 48.2 Å². The van der Waals surface area contributed by atoms with Crippen LogP contribution in [0.1, 0.15) is 17.2 Å². The molecule has 0 fully saturated rings. The lowest BCUT2D eigenvalue weighted by atomic mass is 10.1. The van der Waals surface area contributed by atoms with Crippen molar-refractivity contribution in [2.45, 2.75) is 6.04 Å². The number of aliphatic imine (C=N–C) groups is 1. The molecule has 3 nitrogen and oxygen atoms in total. The third-order valence-corrected chi connectivity index (χ3v) is 2.63. The fourth-order valence-electron chi connectivity index (χ4n) is 1.64. The van der Waals surface area contributed by atoms with Crippen LogP contribution in [0.3, 0.4) is 0 Å². The van der Waals surface area contributed by atoms with Gasteiger partial charge in [0.15, 0.2) is 0 Å². The summed E-state index contributed by atoms with van der Waals surface area (Å²) in [5, 5.41) is 11.6. The second-order valence-electron chi connectivity index (χ2n) is 4.06. The Morgan fingerprint density at radius 1 is 1.05 bits per heavy atom. The van der Waals surface area contributed by atoms with Crippen molar-refractivity contribution in [1.82, 2.24) is 5.32 Å². The molecule has 1 N–H and O–H groups in total. The molecule has 0 heterocycles. The highest BCUT2D eigenvalue weighted by molar-refractivity contribution is 5.79. The van der Waals surface area contributed by atoms with Crippen LogP contribution < -0.4 is 5.32 Å². The van der Waals surface area contributed by atoms with E-state index >= 15 is 0 Å². The Bertz CT molecular complexity index is 541. The zero-order valence-electron chi connectivity index (χ0n) is 11.8. The van der Waals surface area contributed by atoms with Gasteiger partial charge < -0.3 is 5.32 Å². The van der Waals surface area contributed by atoms with E-state index in [2.05, 4.69) is 16.4 Å². The van der Waals surface area contributed by atoms with Crippen molar-refractivity contribution < 1.29 is 0 Å². The monoisotopic (exact) mass is 265 g/mol. The van der Waals surface area contributed by atoms with Crippen LogP contribution in [0.2, 0.25) is 0 Å². The van der Waals surface area contributed by atoms with E-state index in [4.69, 9.17) is 5.26 Å². The maximum absolute atomic E-state index is 8.67. The van der Waals surface area contributed by atoms with Crippen molar-refractivity contribution in [3.05, 3.63) is 71.8 Å². The minimum Gasteiger partial charge on any atom is -0.301 e. The van der Waals surface area contributed by atoms with Gasteiger partial charge in [-0.1, -0.05) is 60.7 Å². The van der Waals surface area contributed by atoms with Crippen LogP contribution in [-0.4, -0.2) is 20.3 Å². The minimum atomic E-state index is -0.184. The smallest absolute Gasteiger partial charge is 0.121 e. The molecule has 0 aromatic heterocycles. The van der Waals surface area contributed by atoms with Gasteiger partial charge in [0.25, 0.3) is 0 Å². The first-order valence-corrected chi connectivity index (χ1v) is 6.41. The van der Waals surface area contributed by atoms with Crippen molar-refractivity contribution in [1.29, 1.82) is 5.26 Å². The molecule has 2 aromatic carbocycles. The van der Waals surface area contributed by atoms with Crippen LogP contribution in [0.15, 0.2) is 65.7 Å². The van der Waals surface area contributed by atoms with Crippen molar-refractivity contribution in [3.63, 3.8) is 0 Å². The van der Waals surface area contributed by atoms with Gasteiger partial charge in [0.05, 0.1) is 6.07 Å². The van der Waals surface area contributed by atoms with E-state index in [0.29, 0.717) is 0 Å². The van der Waals surface area contributed by atoms with Gasteiger partial charge >= 0.3 is 0 Å². The quantitative estimate of drug-likeness (QED) is 0.866. The highest BCUT2D eigenvalue weighted by Gasteiger charge is 2.04. The summed E-state index contributed by atoms with van der Waals surface area (Å²) in [5.74, 6) is 0. The molecule has 0 bridgehead atoms. The molecule has 0 aliphatic carbocycles. The zero-order chi connectivity index (χ0) is 14.6. The van der Waals surface area contributed by atoms with E-state index in [1.807, 2.05) is 66.9 Å². The summed E-state index contributed by atoms with van der Waals surface area (Å²) in [5.41, 5.74) is 2.16. The van der Waals surface area contributed by atoms with E-state index in [0.717, 1.165) is 11.1 Å². The second kappa shape index (κ2) is 9.48. The van der Waals surface area contributed by atoms with Gasteiger partial charge in [-0.15, -0.1) is 0 Å². The van der Waals surface area contributed by atoms with Gasteiger partial charge in [0.1, 0.15) is 6.04 Å². The van der Waals surface area contributed by atoms with Gasteiger partial charge in [-0.2, -0.15) is 5.26 Å². The molecule has 0 aliphatic heterocycles. The van der Waals surface area contributed by atoms with Gasteiger partial charge in [-0.25, -0.2) is 0 Å². The summed E-state index contributed by atoms with van der Waals surface area (Å²) in [6.45, 7) is 0. The SMILES string of the molecule is CN=Cc1ccccc1.CNC(C#N)c1ccccc1. The number of hydrogen-bond donors (Lipinski definition) is 1. The fourth-order valence-corrected chi connectivity index (χ4v) is 1.64. The first kappa shape index (κ1) is 15.6. The van der Waals surface area contributed by atoms with Crippen molar-refractivity contribution in [2.24, 2.45) is 4.99 Å². The Kier molecular flexibility index (Phi) is 7.41. The lowest BCUT2D eigenvalue weighted by Gasteiger charge is -2.05. The third kappa shape index (κ3) is 5.47. The number of nitrogens with one attached hydrogen (secondary N) is 1. The summed E-state index contributed by atoms with van der Waals surface area (Å²) in [6.07, 6.45) is 1.83. The summed E-state index contributed by atoms with van der Waals surface area (Å²) in [4.78, 5) is 3.88. The van der Waals surface area contributed by atoms with Crippen LogP contribution in [0, 0.1) is 11.3 Å². The lowest BCUT2D eigenvalue weighted by molar-refractivity contribution is 0.727. The van der Waals surface area contributed by atoms with Gasteiger partial charge in [0, 0.05) is 13.3 Å². The van der Waals surface area contributed by atoms with Crippen molar-refractivity contribution >= 4 is 6.21 Å². The van der Waals surface area contributed by atoms with Crippen molar-refractivity contribution in [3.8, 4) is 6.07 Å². The molecule has 0 saturated carbocycles. The molecule has 1 unspecified atom stereocenters. The van der Waals surface area contributed by atoms with Crippen LogP contribution >= 0.6 is 0 Å². The maximum Gasteiger partial charge on any atom is 0.121 e. The van der Waals surface area contributed by atoms with E-state index < -0.39 is 0 Å². The molecular formula is C17H19N3. The van der Waals surface area contributed by atoms with Crippen LogP contribution in [-0.2, 0) is 0 Å². The highest BCUT2D eigenvalue weighted by atomic mass is 14.9. The first-order chi connectivity index (χ1) is 9.81. The lowest BCUT2D eigenvalue weighted by Crippen LogP contribution is -2.13. The number of hydrogen-bond acceptors (Lipinski definition) is 3. The molecule has 0 spiro atoms. The highest BCUT2D eigenvalue weighted by Crippen LogP contribution is 2.09. The molecule has 0 amide bonds. The fraction of sp³-hybridized carbons (Fsp3) is 0.176. The normalized spacial score (nSPS) is 11.2. The van der Waals surface area contributed by atoms with Crippen LogP contribution in [0.25, 0.3) is 0 Å². The van der Waals surface area contributed by atoms with Gasteiger partial charge in [-0.05, 0) is 18.2 Å². The number of nitriles is 1. The van der Waals surface area contributed by atoms with E-state index in [1.54, 1.807) is 14.1 Å². The molecule has 3 heteroatoms. The Labute approximate surface area is 120 Å². The Balaban J connectivity index is 0.000000204. The molecular weight excluding hydrogens is 246 g/mol. The van der Waals surface area contributed by atoms with E-state index in [1.165, 1.54) is 0 Å². The van der Waals surface area contributed by atoms with Crippen molar-refractivity contribution in [2.75, 3.05) is 14.1 Å². The standard InChI is InChI=1S/C9H10N2.C8H9N/c1-11-9(7-10)8-5-3-2-4-6-8;1-9-7-8-5-3-2-4-6-8/h2-6,9,11H,1H3;2-7H,1H3. The number of benzene rings is 2. The van der Waals surface area contributed by atoms with Crippen LogP contribution in [0.4, 0.5) is 0 Å². The molecule has 20 heavy (non-hydrogen) atoms. The zero-order valence-corrected chi connectivity index (χ0v) is 11.8. The predicted octanol–water partition coefficient (Wildman–Crippen LogP) is 3.21.